The number of aromatic nitrogens is 3. The molecule has 21 heavy (non-hydrogen) atoms. The third-order valence-electron chi connectivity index (χ3n) is 4.91. The number of piperidine rings is 1. The molecule has 2 saturated heterocycles. The first-order chi connectivity index (χ1) is 10.2. The Hall–Kier alpha value is -2.11. The highest BCUT2D eigenvalue weighted by Gasteiger charge is 2.40. The highest BCUT2D eigenvalue weighted by Crippen LogP contribution is 2.36. The molecule has 0 aromatic carbocycles. The molecule has 0 aliphatic carbocycles. The first-order valence-corrected chi connectivity index (χ1v) is 7.54. The second kappa shape index (κ2) is 4.72. The Morgan fingerprint density at radius 1 is 1.33 bits per heavy atom. The molecular formula is C15H19N5O. The van der Waals surface area contributed by atoms with Crippen LogP contribution in [0.5, 0.6) is 0 Å². The van der Waals surface area contributed by atoms with E-state index in [-0.39, 0.29) is 5.91 Å². The van der Waals surface area contributed by atoms with Crippen LogP contribution in [0.4, 0.5) is 5.82 Å². The standard InChI is InChI=1S/C15H19N5O/c1-10(21)19-6-3-11-4-7-20(13(11)8-19)15-12-2-5-16-14(12)17-9-18-15/h2,5,9,11,13H,3-4,6-8H2,1H3,(H,16,17,18)/t11-,13-/m0/s1. The van der Waals surface area contributed by atoms with Crippen LogP contribution in [0.3, 0.4) is 0 Å². The third-order valence-corrected chi connectivity index (χ3v) is 4.91. The average Bonchev–Trinajstić information content (AvgIpc) is 3.12. The number of aromatic amines is 1. The number of amides is 1. The molecule has 2 aromatic heterocycles. The minimum Gasteiger partial charge on any atom is -0.351 e. The Labute approximate surface area is 123 Å². The van der Waals surface area contributed by atoms with E-state index in [0.717, 1.165) is 42.9 Å². The van der Waals surface area contributed by atoms with Gasteiger partial charge >= 0.3 is 0 Å². The van der Waals surface area contributed by atoms with Crippen molar-refractivity contribution in [2.24, 2.45) is 5.92 Å². The van der Waals surface area contributed by atoms with Crippen LogP contribution in [0, 0.1) is 5.92 Å². The molecular weight excluding hydrogens is 266 g/mol. The van der Waals surface area contributed by atoms with Crippen LogP contribution in [-0.2, 0) is 4.79 Å². The summed E-state index contributed by atoms with van der Waals surface area (Å²) in [4.78, 5) is 27.9. The number of carbonyl (C=O) groups excluding carboxylic acids is 1. The van der Waals surface area contributed by atoms with Gasteiger partial charge in [0.1, 0.15) is 17.8 Å². The predicted molar refractivity (Wildman–Crippen MR) is 80.0 cm³/mol. The van der Waals surface area contributed by atoms with Crippen molar-refractivity contribution >= 4 is 22.8 Å². The summed E-state index contributed by atoms with van der Waals surface area (Å²) in [6, 6.07) is 2.42. The van der Waals surface area contributed by atoms with Gasteiger partial charge in [-0.3, -0.25) is 4.79 Å². The first-order valence-electron chi connectivity index (χ1n) is 7.54. The monoisotopic (exact) mass is 285 g/mol. The second-order valence-corrected chi connectivity index (χ2v) is 6.00. The van der Waals surface area contributed by atoms with Gasteiger partial charge < -0.3 is 14.8 Å². The lowest BCUT2D eigenvalue weighted by atomic mass is 9.92. The summed E-state index contributed by atoms with van der Waals surface area (Å²) in [5.41, 5.74) is 0.877. The number of fused-ring (bicyclic) bond motifs is 2. The summed E-state index contributed by atoms with van der Waals surface area (Å²) >= 11 is 0. The molecule has 0 spiro atoms. The molecule has 2 aliphatic heterocycles. The molecule has 6 nitrogen and oxygen atoms in total. The zero-order valence-corrected chi connectivity index (χ0v) is 12.1. The maximum atomic E-state index is 11.7. The van der Waals surface area contributed by atoms with Gasteiger partial charge in [0.15, 0.2) is 0 Å². The highest BCUT2D eigenvalue weighted by molar-refractivity contribution is 5.87. The van der Waals surface area contributed by atoms with Crippen molar-refractivity contribution in [1.29, 1.82) is 0 Å². The third kappa shape index (κ3) is 1.97. The van der Waals surface area contributed by atoms with Crippen molar-refractivity contribution in [3.63, 3.8) is 0 Å². The predicted octanol–water partition coefficient (Wildman–Crippen LogP) is 1.40. The van der Waals surface area contributed by atoms with E-state index >= 15 is 0 Å². The Bertz CT molecular complexity index is 682. The van der Waals surface area contributed by atoms with Crippen molar-refractivity contribution in [2.75, 3.05) is 24.5 Å². The van der Waals surface area contributed by atoms with E-state index in [0.29, 0.717) is 12.0 Å². The molecule has 0 radical (unpaired) electrons. The van der Waals surface area contributed by atoms with Gasteiger partial charge in [-0.1, -0.05) is 0 Å². The zero-order chi connectivity index (χ0) is 14.4. The fraction of sp³-hybridized carbons (Fsp3) is 0.533. The largest absolute Gasteiger partial charge is 0.351 e. The molecule has 4 rings (SSSR count). The van der Waals surface area contributed by atoms with Gasteiger partial charge in [0.2, 0.25) is 5.91 Å². The van der Waals surface area contributed by atoms with Crippen LogP contribution in [-0.4, -0.2) is 51.4 Å². The highest BCUT2D eigenvalue weighted by atomic mass is 16.2. The van der Waals surface area contributed by atoms with E-state index in [4.69, 9.17) is 0 Å². The van der Waals surface area contributed by atoms with Gasteiger partial charge in [0.05, 0.1) is 11.4 Å². The van der Waals surface area contributed by atoms with Gasteiger partial charge in [-0.25, -0.2) is 9.97 Å². The number of nitrogens with zero attached hydrogens (tertiary/aromatic N) is 4. The normalized spacial score (nSPS) is 25.4. The lowest BCUT2D eigenvalue weighted by Crippen LogP contribution is -2.49. The van der Waals surface area contributed by atoms with Gasteiger partial charge in [0.25, 0.3) is 0 Å². The zero-order valence-electron chi connectivity index (χ0n) is 12.1. The summed E-state index contributed by atoms with van der Waals surface area (Å²) in [5.74, 6) is 1.85. The van der Waals surface area contributed by atoms with Crippen molar-refractivity contribution in [3.05, 3.63) is 18.6 Å². The van der Waals surface area contributed by atoms with Crippen LogP contribution >= 0.6 is 0 Å². The summed E-state index contributed by atoms with van der Waals surface area (Å²) in [7, 11) is 0. The molecule has 6 heteroatoms. The number of nitrogens with one attached hydrogen (secondary N) is 1. The maximum Gasteiger partial charge on any atom is 0.219 e. The smallest absolute Gasteiger partial charge is 0.219 e. The molecule has 2 aromatic rings. The van der Waals surface area contributed by atoms with Crippen molar-refractivity contribution in [3.8, 4) is 0 Å². The minimum absolute atomic E-state index is 0.176. The average molecular weight is 285 g/mol. The van der Waals surface area contributed by atoms with E-state index < -0.39 is 0 Å². The fourth-order valence-corrected chi connectivity index (χ4v) is 3.78. The van der Waals surface area contributed by atoms with E-state index in [2.05, 4.69) is 19.9 Å². The first kappa shape index (κ1) is 12.6. The summed E-state index contributed by atoms with van der Waals surface area (Å²) in [6.07, 6.45) is 5.81. The van der Waals surface area contributed by atoms with Crippen molar-refractivity contribution in [1.82, 2.24) is 19.9 Å². The molecule has 110 valence electrons. The van der Waals surface area contributed by atoms with Crippen molar-refractivity contribution < 1.29 is 4.79 Å². The molecule has 0 unspecified atom stereocenters. The second-order valence-electron chi connectivity index (χ2n) is 6.00. The lowest BCUT2D eigenvalue weighted by molar-refractivity contribution is -0.130. The number of H-pyrrole nitrogens is 1. The van der Waals surface area contributed by atoms with Crippen LogP contribution in [0.2, 0.25) is 0 Å². The van der Waals surface area contributed by atoms with Crippen molar-refractivity contribution in [2.45, 2.75) is 25.8 Å². The number of anilines is 1. The van der Waals surface area contributed by atoms with E-state index in [1.165, 1.54) is 6.42 Å². The lowest BCUT2D eigenvalue weighted by Gasteiger charge is -2.38. The molecule has 2 aliphatic rings. The van der Waals surface area contributed by atoms with Gasteiger partial charge in [-0.05, 0) is 24.8 Å². The summed E-state index contributed by atoms with van der Waals surface area (Å²) in [5, 5.41) is 1.07. The van der Waals surface area contributed by atoms with E-state index in [9.17, 15) is 4.79 Å². The number of likely N-dealkylation sites (tertiary alicyclic amines) is 1. The van der Waals surface area contributed by atoms with Gasteiger partial charge in [-0.15, -0.1) is 0 Å². The number of rotatable bonds is 1. The van der Waals surface area contributed by atoms with E-state index in [1.807, 2.05) is 17.2 Å². The topological polar surface area (TPSA) is 65.1 Å². The molecule has 1 amide bonds. The fourth-order valence-electron chi connectivity index (χ4n) is 3.78. The molecule has 2 atom stereocenters. The van der Waals surface area contributed by atoms with Crippen LogP contribution in [0.15, 0.2) is 18.6 Å². The molecule has 4 heterocycles. The number of hydrogen-bond donors (Lipinski definition) is 1. The van der Waals surface area contributed by atoms with Crippen LogP contribution in [0.1, 0.15) is 19.8 Å². The van der Waals surface area contributed by atoms with Crippen LogP contribution in [0.25, 0.3) is 11.0 Å². The summed E-state index contributed by atoms with van der Waals surface area (Å²) in [6.45, 7) is 4.39. The van der Waals surface area contributed by atoms with Gasteiger partial charge in [0, 0.05) is 32.8 Å². The quantitative estimate of drug-likeness (QED) is 0.860. The maximum absolute atomic E-state index is 11.7. The molecule has 1 N–H and O–H groups in total. The minimum atomic E-state index is 0.176. The Morgan fingerprint density at radius 3 is 3.05 bits per heavy atom. The van der Waals surface area contributed by atoms with E-state index in [1.54, 1.807) is 13.3 Å². The summed E-state index contributed by atoms with van der Waals surface area (Å²) < 4.78 is 0. The number of carbonyl (C=O) groups is 1. The Kier molecular flexibility index (Phi) is 2.83. The molecule has 0 saturated carbocycles. The number of hydrogen-bond acceptors (Lipinski definition) is 4. The Balaban J connectivity index is 1.69. The van der Waals surface area contributed by atoms with Crippen LogP contribution < -0.4 is 4.90 Å². The van der Waals surface area contributed by atoms with Gasteiger partial charge in [-0.2, -0.15) is 0 Å². The molecule has 2 fully saturated rings. The molecule has 0 bridgehead atoms. The Morgan fingerprint density at radius 2 is 2.19 bits per heavy atom. The SMILES string of the molecule is CC(=O)N1CC[C@H]2CCN(c3ncnc4[nH]ccc34)[C@H]2C1.